The number of methoxy groups -OCH3 is 1. The van der Waals surface area contributed by atoms with Gasteiger partial charge in [0, 0.05) is 0 Å². The number of carbonyl (C=O) groups is 2. The number of carboxylic acid groups (broad SMARTS) is 1. The summed E-state index contributed by atoms with van der Waals surface area (Å²) < 4.78 is 77.5. The van der Waals surface area contributed by atoms with Crippen molar-refractivity contribution in [3.63, 3.8) is 0 Å². The van der Waals surface area contributed by atoms with Crippen LogP contribution in [0.4, 0.5) is 26.3 Å². The molecule has 0 atom stereocenters. The molecule has 0 saturated carbocycles. The van der Waals surface area contributed by atoms with Crippen LogP contribution in [-0.4, -0.2) is 24.2 Å². The fourth-order valence-corrected chi connectivity index (χ4v) is 2.23. The monoisotopic (exact) mass is 462 g/mol. The third kappa shape index (κ3) is 6.82. The number of hydrogen-bond acceptors (Lipinski definition) is 3. The zero-order chi connectivity index (χ0) is 22.6. The second-order valence-electron chi connectivity index (χ2n) is 5.18. The zero-order valence-electron chi connectivity index (χ0n) is 14.2. The molecule has 1 N–H and O–H groups in total. The van der Waals surface area contributed by atoms with Crippen LogP contribution in [0.5, 0.6) is 0 Å². The van der Waals surface area contributed by atoms with E-state index in [1.165, 1.54) is 0 Å². The highest BCUT2D eigenvalue weighted by Crippen LogP contribution is 2.32. The van der Waals surface area contributed by atoms with Crippen molar-refractivity contribution >= 4 is 35.1 Å². The van der Waals surface area contributed by atoms with Gasteiger partial charge in [0.1, 0.15) is 0 Å². The summed E-state index contributed by atoms with van der Waals surface area (Å²) in [4.78, 5) is 21.5. The Bertz CT molecular complexity index is 910. The summed E-state index contributed by atoms with van der Waals surface area (Å²) in [6.45, 7) is 0. The third-order valence-electron chi connectivity index (χ3n) is 3.22. The van der Waals surface area contributed by atoms with Crippen molar-refractivity contribution in [1.29, 1.82) is 0 Å². The fraction of sp³-hybridized carbons (Fsp3) is 0.176. The Kier molecular flexibility index (Phi) is 7.93. The number of halogens is 8. The lowest BCUT2D eigenvalue weighted by atomic mass is 10.1. The second kappa shape index (κ2) is 9.36. The molecular weight excluding hydrogens is 453 g/mol. The standard InChI is InChI=1S/C9H6ClF3O2.C8H4ClF3O2/c1-15-8(14)6-4-5(9(11,12)13)2-3-7(6)10;9-6-2-1-4(8(10,11)12)3-5(6)7(13)14/h2-4H,1H3;1-3H,(H,13,14). The maximum absolute atomic E-state index is 12.3. The minimum atomic E-state index is -4.56. The largest absolute Gasteiger partial charge is 0.478 e. The zero-order valence-corrected chi connectivity index (χ0v) is 15.7. The first-order valence-corrected chi connectivity index (χ1v) is 7.99. The first-order chi connectivity index (χ1) is 13.2. The van der Waals surface area contributed by atoms with E-state index in [4.69, 9.17) is 28.3 Å². The van der Waals surface area contributed by atoms with Gasteiger partial charge in [0.15, 0.2) is 0 Å². The van der Waals surface area contributed by atoms with Crippen molar-refractivity contribution in [2.75, 3.05) is 7.11 Å². The number of benzene rings is 2. The first-order valence-electron chi connectivity index (χ1n) is 7.23. The number of hydrogen-bond donors (Lipinski definition) is 1. The average Bonchev–Trinajstić information content (AvgIpc) is 2.60. The van der Waals surface area contributed by atoms with Crippen molar-refractivity contribution < 1.29 is 45.8 Å². The van der Waals surface area contributed by atoms with E-state index in [9.17, 15) is 35.9 Å². The topological polar surface area (TPSA) is 63.6 Å². The van der Waals surface area contributed by atoms with E-state index in [1.54, 1.807) is 0 Å². The van der Waals surface area contributed by atoms with Gasteiger partial charge in [-0.1, -0.05) is 23.2 Å². The van der Waals surface area contributed by atoms with Crippen LogP contribution in [0.3, 0.4) is 0 Å². The normalized spacial score (nSPS) is 11.3. The molecular formula is C17H10Cl2F6O4. The first kappa shape index (κ1) is 24.6. The summed E-state index contributed by atoms with van der Waals surface area (Å²) in [5, 5.41) is 8.21. The van der Waals surface area contributed by atoms with Crippen LogP contribution in [0.15, 0.2) is 36.4 Å². The molecule has 0 fully saturated rings. The molecule has 4 nitrogen and oxygen atoms in total. The molecule has 0 aromatic heterocycles. The van der Waals surface area contributed by atoms with E-state index in [1.807, 2.05) is 0 Å². The molecule has 29 heavy (non-hydrogen) atoms. The highest BCUT2D eigenvalue weighted by atomic mass is 35.5. The molecule has 0 heterocycles. The van der Waals surface area contributed by atoms with Gasteiger partial charge in [0.2, 0.25) is 0 Å². The van der Waals surface area contributed by atoms with E-state index < -0.39 is 41.0 Å². The quantitative estimate of drug-likeness (QED) is 0.426. The number of alkyl halides is 6. The summed E-state index contributed by atoms with van der Waals surface area (Å²) in [5.74, 6) is -2.38. The van der Waals surface area contributed by atoms with Crippen molar-refractivity contribution in [3.8, 4) is 0 Å². The van der Waals surface area contributed by atoms with Crippen LogP contribution in [0, 0.1) is 0 Å². The van der Waals surface area contributed by atoms with Crippen molar-refractivity contribution in [3.05, 3.63) is 68.7 Å². The second-order valence-corrected chi connectivity index (χ2v) is 6.00. The van der Waals surface area contributed by atoms with Gasteiger partial charge in [-0.2, -0.15) is 26.3 Å². The summed E-state index contributed by atoms with van der Waals surface area (Å²) in [5.41, 5.74) is -2.82. The molecule has 12 heteroatoms. The van der Waals surface area contributed by atoms with Crippen LogP contribution in [0.25, 0.3) is 0 Å². The van der Waals surface area contributed by atoms with Gasteiger partial charge in [-0.25, -0.2) is 9.59 Å². The Hall–Kier alpha value is -2.46. The Morgan fingerprint density at radius 1 is 0.828 bits per heavy atom. The van der Waals surface area contributed by atoms with E-state index >= 15 is 0 Å². The predicted molar refractivity (Wildman–Crippen MR) is 91.2 cm³/mol. The number of esters is 1. The lowest BCUT2D eigenvalue weighted by molar-refractivity contribution is -0.138. The molecule has 0 spiro atoms. The van der Waals surface area contributed by atoms with Gasteiger partial charge in [0.05, 0.1) is 39.4 Å². The highest BCUT2D eigenvalue weighted by molar-refractivity contribution is 6.34. The maximum atomic E-state index is 12.3. The number of ether oxygens (including phenoxy) is 1. The molecule has 0 radical (unpaired) electrons. The van der Waals surface area contributed by atoms with Gasteiger partial charge in [-0.05, 0) is 36.4 Å². The van der Waals surface area contributed by atoms with Gasteiger partial charge in [-0.3, -0.25) is 0 Å². The molecule has 2 rings (SSSR count). The molecule has 0 unspecified atom stereocenters. The Morgan fingerprint density at radius 2 is 1.21 bits per heavy atom. The smallest absolute Gasteiger partial charge is 0.416 e. The number of carboxylic acids is 1. The van der Waals surface area contributed by atoms with Gasteiger partial charge < -0.3 is 9.84 Å². The summed E-state index contributed by atoms with van der Waals surface area (Å²) in [6, 6.07) is 4.62. The van der Waals surface area contributed by atoms with Crippen molar-refractivity contribution in [2.24, 2.45) is 0 Å². The molecule has 2 aromatic carbocycles. The van der Waals surface area contributed by atoms with E-state index in [0.29, 0.717) is 12.1 Å². The van der Waals surface area contributed by atoms with Gasteiger partial charge in [-0.15, -0.1) is 0 Å². The molecule has 0 aliphatic heterocycles. The molecule has 0 amide bonds. The molecule has 2 aromatic rings. The molecule has 0 bridgehead atoms. The summed E-state index contributed by atoms with van der Waals surface area (Å²) in [6.07, 6.45) is -9.07. The molecule has 0 aliphatic carbocycles. The lowest BCUT2D eigenvalue weighted by Gasteiger charge is -2.08. The van der Waals surface area contributed by atoms with Crippen LogP contribution < -0.4 is 0 Å². The molecule has 0 saturated heterocycles. The van der Waals surface area contributed by atoms with Crippen molar-refractivity contribution in [1.82, 2.24) is 0 Å². The predicted octanol–water partition coefficient (Wildman–Crippen LogP) is 6.20. The average molecular weight is 463 g/mol. The van der Waals surface area contributed by atoms with Gasteiger partial charge in [0.25, 0.3) is 0 Å². The summed E-state index contributed by atoms with van der Waals surface area (Å²) >= 11 is 10.9. The number of aromatic carboxylic acids is 1. The van der Waals surface area contributed by atoms with Crippen LogP contribution in [0.1, 0.15) is 31.8 Å². The minimum absolute atomic E-state index is 0.0742. The van der Waals surface area contributed by atoms with Crippen LogP contribution in [0.2, 0.25) is 10.0 Å². The number of carbonyl (C=O) groups excluding carboxylic acids is 1. The Morgan fingerprint density at radius 3 is 1.55 bits per heavy atom. The highest BCUT2D eigenvalue weighted by Gasteiger charge is 2.32. The molecule has 0 aliphatic rings. The van der Waals surface area contributed by atoms with Crippen LogP contribution >= 0.6 is 23.2 Å². The fourth-order valence-electron chi connectivity index (χ4n) is 1.83. The Labute approximate surface area is 169 Å². The maximum Gasteiger partial charge on any atom is 0.416 e. The number of rotatable bonds is 2. The van der Waals surface area contributed by atoms with Crippen molar-refractivity contribution in [2.45, 2.75) is 12.4 Å². The van der Waals surface area contributed by atoms with E-state index in [-0.39, 0.29) is 15.6 Å². The SMILES string of the molecule is COC(=O)c1cc(C(F)(F)F)ccc1Cl.O=C(O)c1cc(C(F)(F)F)ccc1Cl. The Balaban J connectivity index is 0.000000291. The third-order valence-corrected chi connectivity index (χ3v) is 3.88. The van der Waals surface area contributed by atoms with Crippen LogP contribution in [-0.2, 0) is 17.1 Å². The lowest BCUT2D eigenvalue weighted by Crippen LogP contribution is -2.08. The van der Waals surface area contributed by atoms with E-state index in [2.05, 4.69) is 4.74 Å². The minimum Gasteiger partial charge on any atom is -0.478 e. The van der Waals surface area contributed by atoms with Gasteiger partial charge >= 0.3 is 24.3 Å². The molecule has 158 valence electrons. The summed E-state index contributed by atoms with van der Waals surface area (Å²) in [7, 11) is 1.07. The van der Waals surface area contributed by atoms with E-state index in [0.717, 1.165) is 31.4 Å².